The van der Waals surface area contributed by atoms with E-state index >= 15 is 0 Å². The number of rotatable bonds is 8. The maximum atomic E-state index is 5.99. The highest BCUT2D eigenvalue weighted by Gasteiger charge is 2.33. The summed E-state index contributed by atoms with van der Waals surface area (Å²) in [6, 6.07) is 0.231. The number of hydrogen-bond donors (Lipinski definition) is 1. The molecule has 0 aliphatic heterocycles. The minimum atomic E-state index is 0.0826. The molecule has 2 atom stereocenters. The topological polar surface area (TPSA) is 52.0 Å². The average molecular weight is 282 g/mol. The van der Waals surface area contributed by atoms with Crippen molar-refractivity contribution in [2.24, 2.45) is 5.41 Å². The predicted molar refractivity (Wildman–Crippen MR) is 81.7 cm³/mol. The van der Waals surface area contributed by atoms with Gasteiger partial charge >= 0.3 is 0 Å². The van der Waals surface area contributed by atoms with Gasteiger partial charge in [-0.3, -0.25) is 4.68 Å². The molecule has 2 unspecified atom stereocenters. The molecule has 0 saturated carbocycles. The molecule has 1 N–H and O–H groups in total. The minimum absolute atomic E-state index is 0.0826. The van der Waals surface area contributed by atoms with Gasteiger partial charge in [-0.1, -0.05) is 27.7 Å². The van der Waals surface area contributed by atoms with E-state index in [1.54, 1.807) is 6.33 Å². The van der Waals surface area contributed by atoms with Gasteiger partial charge in [0.2, 0.25) is 0 Å². The van der Waals surface area contributed by atoms with E-state index in [1.807, 2.05) is 18.7 Å². The Kier molecular flexibility index (Phi) is 6.62. The van der Waals surface area contributed by atoms with E-state index in [0.717, 1.165) is 31.8 Å². The quantitative estimate of drug-likeness (QED) is 0.794. The Bertz CT molecular complexity index is 383. The number of nitrogens with zero attached hydrogens (tertiary/aromatic N) is 3. The highest BCUT2D eigenvalue weighted by atomic mass is 16.5. The fourth-order valence-electron chi connectivity index (χ4n) is 2.55. The van der Waals surface area contributed by atoms with E-state index in [4.69, 9.17) is 4.74 Å². The zero-order valence-corrected chi connectivity index (χ0v) is 13.8. The lowest BCUT2D eigenvalue weighted by atomic mass is 9.83. The number of nitrogens with one attached hydrogen (secondary N) is 1. The normalized spacial score (nSPS) is 15.3. The van der Waals surface area contributed by atoms with Crippen LogP contribution in [-0.2, 0) is 17.7 Å². The summed E-state index contributed by atoms with van der Waals surface area (Å²) < 4.78 is 7.98. The highest BCUT2D eigenvalue weighted by Crippen LogP contribution is 2.26. The van der Waals surface area contributed by atoms with Crippen molar-refractivity contribution in [3.05, 3.63) is 12.2 Å². The van der Waals surface area contributed by atoms with E-state index in [-0.39, 0.29) is 17.6 Å². The molecule has 1 aromatic rings. The first-order valence-corrected chi connectivity index (χ1v) is 7.59. The molecule has 0 spiro atoms. The molecule has 116 valence electrons. The van der Waals surface area contributed by atoms with Crippen LogP contribution in [0.15, 0.2) is 6.33 Å². The van der Waals surface area contributed by atoms with E-state index in [2.05, 4.69) is 43.1 Å². The van der Waals surface area contributed by atoms with Crippen LogP contribution in [0.2, 0.25) is 0 Å². The van der Waals surface area contributed by atoms with Crippen molar-refractivity contribution >= 4 is 0 Å². The van der Waals surface area contributed by atoms with Gasteiger partial charge in [0.05, 0.1) is 6.10 Å². The summed E-state index contributed by atoms with van der Waals surface area (Å²) in [5.74, 6) is 1.03. The van der Waals surface area contributed by atoms with Gasteiger partial charge in [-0.15, -0.1) is 0 Å². The van der Waals surface area contributed by atoms with Crippen LogP contribution in [0.1, 0.15) is 46.9 Å². The maximum Gasteiger partial charge on any atom is 0.138 e. The van der Waals surface area contributed by atoms with Crippen molar-refractivity contribution in [1.29, 1.82) is 0 Å². The fourth-order valence-corrected chi connectivity index (χ4v) is 2.55. The SMILES string of the molecule is CCCn1ncnc1CC(NC)C(OCC)C(C)(C)C. The van der Waals surface area contributed by atoms with Gasteiger partial charge in [0.1, 0.15) is 12.2 Å². The number of aryl methyl sites for hydroxylation is 1. The molecule has 1 heterocycles. The molecule has 0 fully saturated rings. The van der Waals surface area contributed by atoms with Gasteiger partial charge in [0.15, 0.2) is 0 Å². The lowest BCUT2D eigenvalue weighted by molar-refractivity contribution is -0.0346. The monoisotopic (exact) mass is 282 g/mol. The van der Waals surface area contributed by atoms with Crippen LogP contribution in [-0.4, -0.2) is 40.6 Å². The smallest absolute Gasteiger partial charge is 0.138 e. The van der Waals surface area contributed by atoms with Gasteiger partial charge in [0, 0.05) is 25.6 Å². The summed E-state index contributed by atoms with van der Waals surface area (Å²) in [5, 5.41) is 7.69. The summed E-state index contributed by atoms with van der Waals surface area (Å²) >= 11 is 0. The van der Waals surface area contributed by atoms with E-state index in [0.29, 0.717) is 0 Å². The summed E-state index contributed by atoms with van der Waals surface area (Å²) in [6.45, 7) is 12.5. The Morgan fingerprint density at radius 2 is 2.05 bits per heavy atom. The van der Waals surface area contributed by atoms with Crippen LogP contribution >= 0.6 is 0 Å². The number of hydrogen-bond acceptors (Lipinski definition) is 4. The van der Waals surface area contributed by atoms with Crippen molar-refractivity contribution in [3.63, 3.8) is 0 Å². The Hall–Kier alpha value is -0.940. The Balaban J connectivity index is 2.85. The molecule has 0 amide bonds. The van der Waals surface area contributed by atoms with Crippen molar-refractivity contribution in [1.82, 2.24) is 20.1 Å². The summed E-state index contributed by atoms with van der Waals surface area (Å²) in [4.78, 5) is 4.40. The molecular weight excluding hydrogens is 252 g/mol. The Morgan fingerprint density at radius 1 is 1.35 bits per heavy atom. The Morgan fingerprint density at radius 3 is 2.55 bits per heavy atom. The third kappa shape index (κ3) is 4.56. The molecule has 20 heavy (non-hydrogen) atoms. The molecule has 0 bridgehead atoms. The van der Waals surface area contributed by atoms with Crippen LogP contribution < -0.4 is 5.32 Å². The van der Waals surface area contributed by atoms with E-state index in [9.17, 15) is 0 Å². The number of aromatic nitrogens is 3. The number of likely N-dealkylation sites (N-methyl/N-ethyl adjacent to an activating group) is 1. The number of ether oxygens (including phenoxy) is 1. The predicted octanol–water partition coefficient (Wildman–Crippen LogP) is 2.27. The first-order chi connectivity index (χ1) is 9.43. The van der Waals surface area contributed by atoms with Crippen molar-refractivity contribution in [2.75, 3.05) is 13.7 Å². The standard InChI is InChI=1S/C15H30N4O/c1-7-9-19-13(17-11-18-19)10-12(16-6)14(20-8-2)15(3,4)5/h11-12,14,16H,7-10H2,1-6H3. The summed E-state index contributed by atoms with van der Waals surface area (Å²) in [6.07, 6.45) is 3.68. The van der Waals surface area contributed by atoms with Crippen LogP contribution in [0.4, 0.5) is 0 Å². The van der Waals surface area contributed by atoms with Crippen LogP contribution in [0.5, 0.6) is 0 Å². The molecule has 5 heteroatoms. The molecule has 0 radical (unpaired) electrons. The molecule has 1 rings (SSSR count). The van der Waals surface area contributed by atoms with Gasteiger partial charge < -0.3 is 10.1 Å². The third-order valence-electron chi connectivity index (χ3n) is 3.47. The second-order valence-corrected chi connectivity index (χ2v) is 6.24. The molecular formula is C15H30N4O. The third-order valence-corrected chi connectivity index (χ3v) is 3.47. The zero-order chi connectivity index (χ0) is 15.2. The second kappa shape index (κ2) is 7.74. The van der Waals surface area contributed by atoms with Gasteiger partial charge in [-0.2, -0.15) is 5.10 Å². The van der Waals surface area contributed by atoms with Gasteiger partial charge in [0.25, 0.3) is 0 Å². The molecule has 1 aromatic heterocycles. The molecule has 0 aliphatic rings. The average Bonchev–Trinajstić information content (AvgIpc) is 2.80. The summed E-state index contributed by atoms with van der Waals surface area (Å²) in [7, 11) is 1.99. The first kappa shape index (κ1) is 17.1. The minimum Gasteiger partial charge on any atom is -0.376 e. The molecule has 5 nitrogen and oxygen atoms in total. The lowest BCUT2D eigenvalue weighted by Crippen LogP contribution is -2.48. The summed E-state index contributed by atoms with van der Waals surface area (Å²) in [5.41, 5.74) is 0.0826. The highest BCUT2D eigenvalue weighted by molar-refractivity contribution is 4.95. The Labute approximate surface area is 123 Å². The second-order valence-electron chi connectivity index (χ2n) is 6.24. The molecule has 0 aromatic carbocycles. The lowest BCUT2D eigenvalue weighted by Gasteiger charge is -2.36. The van der Waals surface area contributed by atoms with Gasteiger partial charge in [-0.05, 0) is 25.8 Å². The molecule has 0 saturated heterocycles. The zero-order valence-electron chi connectivity index (χ0n) is 13.8. The van der Waals surface area contributed by atoms with E-state index in [1.165, 1.54) is 0 Å². The van der Waals surface area contributed by atoms with Crippen molar-refractivity contribution in [3.8, 4) is 0 Å². The van der Waals surface area contributed by atoms with Crippen LogP contribution in [0.25, 0.3) is 0 Å². The van der Waals surface area contributed by atoms with Gasteiger partial charge in [-0.25, -0.2) is 4.98 Å². The van der Waals surface area contributed by atoms with Crippen LogP contribution in [0.3, 0.4) is 0 Å². The van der Waals surface area contributed by atoms with Crippen molar-refractivity contribution < 1.29 is 4.74 Å². The van der Waals surface area contributed by atoms with Crippen LogP contribution in [0, 0.1) is 5.41 Å². The first-order valence-electron chi connectivity index (χ1n) is 7.59. The van der Waals surface area contributed by atoms with E-state index < -0.39 is 0 Å². The molecule has 0 aliphatic carbocycles. The fraction of sp³-hybridized carbons (Fsp3) is 0.867. The maximum absolute atomic E-state index is 5.99. The van der Waals surface area contributed by atoms with Crippen molar-refractivity contribution in [2.45, 2.75) is 66.2 Å². The largest absolute Gasteiger partial charge is 0.376 e.